The molecule has 0 saturated carbocycles. The Morgan fingerprint density at radius 2 is 1.44 bits per heavy atom. The van der Waals surface area contributed by atoms with Gasteiger partial charge in [0.05, 0.1) is 0 Å². The van der Waals surface area contributed by atoms with Crippen molar-refractivity contribution in [2.75, 3.05) is 5.32 Å². The van der Waals surface area contributed by atoms with Crippen LogP contribution in [0.3, 0.4) is 0 Å². The van der Waals surface area contributed by atoms with E-state index in [0.717, 1.165) is 29.7 Å². The predicted molar refractivity (Wildman–Crippen MR) is 106 cm³/mol. The summed E-state index contributed by atoms with van der Waals surface area (Å²) in [5.41, 5.74) is 1.93. The fourth-order valence-corrected chi connectivity index (χ4v) is 2.81. The molecule has 0 aliphatic carbocycles. The lowest BCUT2D eigenvalue weighted by atomic mass is 9.90. The lowest BCUT2D eigenvalue weighted by Gasteiger charge is -2.24. The van der Waals surface area contributed by atoms with Gasteiger partial charge >= 0.3 is 0 Å². The van der Waals surface area contributed by atoms with E-state index in [1.54, 1.807) is 32.0 Å². The van der Waals surface area contributed by atoms with Crippen molar-refractivity contribution in [3.05, 3.63) is 65.0 Å². The van der Waals surface area contributed by atoms with Gasteiger partial charge in [-0.3, -0.25) is 9.59 Å². The number of benzene rings is 2. The normalized spacial score (nSPS) is 11.1. The van der Waals surface area contributed by atoms with Gasteiger partial charge in [-0.25, -0.2) is 4.39 Å². The second kappa shape index (κ2) is 8.80. The fourth-order valence-electron chi connectivity index (χ4n) is 2.81. The van der Waals surface area contributed by atoms with Gasteiger partial charge in [0.1, 0.15) is 11.2 Å². The summed E-state index contributed by atoms with van der Waals surface area (Å²) in [6.07, 6.45) is 1.56. The molecule has 0 atom stereocenters. The van der Waals surface area contributed by atoms with E-state index in [-0.39, 0.29) is 18.3 Å². The third-order valence-corrected chi connectivity index (χ3v) is 4.77. The molecule has 0 radical (unpaired) electrons. The Morgan fingerprint density at radius 3 is 2.00 bits per heavy atom. The van der Waals surface area contributed by atoms with Crippen molar-refractivity contribution in [1.29, 1.82) is 0 Å². The third-order valence-electron chi connectivity index (χ3n) is 4.77. The van der Waals surface area contributed by atoms with Gasteiger partial charge in [-0.2, -0.15) is 0 Å². The number of carbonyl (C=O) groups is 2. The van der Waals surface area contributed by atoms with Gasteiger partial charge in [0.25, 0.3) is 0 Å². The monoisotopic (exact) mass is 370 g/mol. The average Bonchev–Trinajstić information content (AvgIpc) is 2.67. The summed E-state index contributed by atoms with van der Waals surface area (Å²) in [6, 6.07) is 12.2. The number of nitrogens with one attached hydrogen (secondary N) is 2. The van der Waals surface area contributed by atoms with Crippen LogP contribution >= 0.6 is 0 Å². The van der Waals surface area contributed by atoms with Crippen LogP contribution in [-0.2, 0) is 29.0 Å². The summed E-state index contributed by atoms with van der Waals surface area (Å²) < 4.78 is 13.7. The first-order chi connectivity index (χ1) is 12.8. The van der Waals surface area contributed by atoms with E-state index in [9.17, 15) is 14.0 Å². The molecule has 2 aromatic rings. The molecule has 0 saturated heterocycles. The van der Waals surface area contributed by atoms with E-state index in [0.29, 0.717) is 5.56 Å². The molecule has 0 bridgehead atoms. The zero-order chi connectivity index (χ0) is 20.0. The van der Waals surface area contributed by atoms with Crippen LogP contribution in [0.15, 0.2) is 42.5 Å². The van der Waals surface area contributed by atoms with Crippen molar-refractivity contribution in [3.63, 3.8) is 0 Å². The molecule has 0 unspecified atom stereocenters. The Labute approximate surface area is 160 Å². The summed E-state index contributed by atoms with van der Waals surface area (Å²) in [4.78, 5) is 25.4. The number of hydrogen-bond acceptors (Lipinski definition) is 2. The maximum Gasteiger partial charge on any atom is 0.239 e. The molecule has 0 spiro atoms. The summed E-state index contributed by atoms with van der Waals surface area (Å²) in [6.45, 7) is 7.22. The summed E-state index contributed by atoms with van der Waals surface area (Å²) >= 11 is 0. The highest BCUT2D eigenvalue weighted by atomic mass is 19.1. The number of aryl methyl sites for hydroxylation is 2. The van der Waals surface area contributed by atoms with E-state index in [2.05, 4.69) is 10.6 Å². The van der Waals surface area contributed by atoms with Gasteiger partial charge in [-0.05, 0) is 43.9 Å². The van der Waals surface area contributed by atoms with Crippen molar-refractivity contribution in [2.45, 2.75) is 47.1 Å². The quantitative estimate of drug-likeness (QED) is 0.717. The van der Waals surface area contributed by atoms with Crippen molar-refractivity contribution < 1.29 is 14.0 Å². The molecular formula is C22H27FN2O2. The molecule has 2 N–H and O–H groups in total. The Morgan fingerprint density at radius 1 is 0.889 bits per heavy atom. The number of amides is 2. The zero-order valence-corrected chi connectivity index (χ0v) is 16.4. The SMILES string of the molecule is CCc1cccc(CC)c1NC(=O)C(C)(C)C(=O)NCc1ccccc1F. The molecule has 4 nitrogen and oxygen atoms in total. The molecule has 0 aliphatic heterocycles. The molecular weight excluding hydrogens is 343 g/mol. The summed E-state index contributed by atoms with van der Waals surface area (Å²) in [5.74, 6) is -1.22. The molecule has 2 aromatic carbocycles. The minimum atomic E-state index is -1.29. The van der Waals surface area contributed by atoms with Gasteiger partial charge in [-0.1, -0.05) is 50.2 Å². The molecule has 144 valence electrons. The minimum absolute atomic E-state index is 0.0357. The van der Waals surface area contributed by atoms with E-state index < -0.39 is 11.3 Å². The van der Waals surface area contributed by atoms with E-state index in [1.165, 1.54) is 6.07 Å². The van der Waals surface area contributed by atoms with Crippen LogP contribution in [0.25, 0.3) is 0 Å². The molecule has 27 heavy (non-hydrogen) atoms. The van der Waals surface area contributed by atoms with Gasteiger partial charge < -0.3 is 10.6 Å². The van der Waals surface area contributed by atoms with Crippen LogP contribution in [0.4, 0.5) is 10.1 Å². The minimum Gasteiger partial charge on any atom is -0.351 e. The first kappa shape index (κ1) is 20.6. The Balaban J connectivity index is 2.13. The molecule has 0 aliphatic rings. The topological polar surface area (TPSA) is 58.2 Å². The third kappa shape index (κ3) is 4.73. The summed E-state index contributed by atoms with van der Waals surface area (Å²) in [5, 5.41) is 5.60. The fraction of sp³-hybridized carbons (Fsp3) is 0.364. The van der Waals surface area contributed by atoms with Crippen LogP contribution in [-0.4, -0.2) is 11.8 Å². The largest absolute Gasteiger partial charge is 0.351 e. The number of rotatable bonds is 7. The van der Waals surface area contributed by atoms with Crippen molar-refractivity contribution in [2.24, 2.45) is 5.41 Å². The molecule has 5 heteroatoms. The van der Waals surface area contributed by atoms with Crippen LogP contribution in [0.1, 0.15) is 44.4 Å². The van der Waals surface area contributed by atoms with Gasteiger partial charge in [0, 0.05) is 17.8 Å². The Bertz CT molecular complexity index is 809. The van der Waals surface area contributed by atoms with Gasteiger partial charge in [0.15, 0.2) is 0 Å². The van der Waals surface area contributed by atoms with Crippen molar-refractivity contribution in [3.8, 4) is 0 Å². The van der Waals surface area contributed by atoms with Crippen LogP contribution in [0.5, 0.6) is 0 Å². The Kier molecular flexibility index (Phi) is 6.72. The lowest BCUT2D eigenvalue weighted by molar-refractivity contribution is -0.138. The number of hydrogen-bond donors (Lipinski definition) is 2. The van der Waals surface area contributed by atoms with E-state index in [4.69, 9.17) is 0 Å². The maximum atomic E-state index is 13.7. The smallest absolute Gasteiger partial charge is 0.239 e. The zero-order valence-electron chi connectivity index (χ0n) is 16.4. The predicted octanol–water partition coefficient (Wildman–Crippen LogP) is 4.23. The molecule has 0 fully saturated rings. The summed E-state index contributed by atoms with van der Waals surface area (Å²) in [7, 11) is 0. The first-order valence-corrected chi connectivity index (χ1v) is 9.25. The number of anilines is 1. The number of carbonyl (C=O) groups excluding carboxylic acids is 2. The average molecular weight is 370 g/mol. The van der Waals surface area contributed by atoms with Crippen molar-refractivity contribution in [1.82, 2.24) is 5.32 Å². The number of para-hydroxylation sites is 1. The van der Waals surface area contributed by atoms with Gasteiger partial charge in [0.2, 0.25) is 11.8 Å². The highest BCUT2D eigenvalue weighted by Gasteiger charge is 2.36. The Hall–Kier alpha value is -2.69. The van der Waals surface area contributed by atoms with Crippen LogP contribution in [0.2, 0.25) is 0 Å². The molecule has 2 amide bonds. The van der Waals surface area contributed by atoms with E-state index in [1.807, 2.05) is 32.0 Å². The molecule has 2 rings (SSSR count). The second-order valence-corrected chi connectivity index (χ2v) is 7.01. The van der Waals surface area contributed by atoms with Crippen molar-refractivity contribution >= 4 is 17.5 Å². The standard InChI is InChI=1S/C22H27FN2O2/c1-5-15-11-9-12-16(6-2)19(15)25-21(27)22(3,4)20(26)24-14-17-10-7-8-13-18(17)23/h7-13H,5-6,14H2,1-4H3,(H,24,26)(H,25,27). The van der Waals surface area contributed by atoms with Crippen LogP contribution < -0.4 is 10.6 Å². The number of halogens is 1. The second-order valence-electron chi connectivity index (χ2n) is 7.01. The van der Waals surface area contributed by atoms with Crippen LogP contribution in [0, 0.1) is 11.2 Å². The maximum absolute atomic E-state index is 13.7. The van der Waals surface area contributed by atoms with E-state index >= 15 is 0 Å². The highest BCUT2D eigenvalue weighted by molar-refractivity contribution is 6.10. The molecule has 0 aromatic heterocycles. The van der Waals surface area contributed by atoms with Gasteiger partial charge in [-0.15, -0.1) is 0 Å². The first-order valence-electron chi connectivity index (χ1n) is 9.25. The lowest BCUT2D eigenvalue weighted by Crippen LogP contribution is -2.45. The highest BCUT2D eigenvalue weighted by Crippen LogP contribution is 2.26. The molecule has 0 heterocycles.